The van der Waals surface area contributed by atoms with Crippen molar-refractivity contribution in [3.63, 3.8) is 0 Å². The van der Waals surface area contributed by atoms with E-state index in [4.69, 9.17) is 0 Å². The average molecular weight is 476 g/mol. The minimum Gasteiger partial charge on any atom is -0.354 e. The lowest BCUT2D eigenvalue weighted by Gasteiger charge is -2.31. The van der Waals surface area contributed by atoms with Crippen molar-refractivity contribution in [1.29, 1.82) is 0 Å². The van der Waals surface area contributed by atoms with Gasteiger partial charge in [-0.15, -0.1) is 0 Å². The van der Waals surface area contributed by atoms with E-state index in [1.165, 1.54) is 46.2 Å². The molecule has 2 aromatic carbocycles. The highest BCUT2D eigenvalue weighted by molar-refractivity contribution is 5.94. The number of nitrogens with one attached hydrogen (secondary N) is 2. The van der Waals surface area contributed by atoms with E-state index in [0.717, 1.165) is 37.3 Å². The summed E-state index contributed by atoms with van der Waals surface area (Å²) >= 11 is 0. The van der Waals surface area contributed by atoms with Crippen LogP contribution in [0.2, 0.25) is 0 Å². The number of hydrogen-bond donors (Lipinski definition) is 2. The van der Waals surface area contributed by atoms with Gasteiger partial charge in [0, 0.05) is 30.5 Å². The normalized spacial score (nSPS) is 12.8. The molecule has 4 nitrogen and oxygen atoms in total. The summed E-state index contributed by atoms with van der Waals surface area (Å²) in [6.45, 7) is 20.5. The zero-order chi connectivity index (χ0) is 25.8. The Kier molecular flexibility index (Phi) is 8.82. The Hall–Kier alpha value is -2.59. The van der Waals surface area contributed by atoms with Crippen molar-refractivity contribution in [2.45, 2.75) is 79.6 Å². The van der Waals surface area contributed by atoms with Gasteiger partial charge in [-0.2, -0.15) is 0 Å². The Morgan fingerprint density at radius 3 is 2.29 bits per heavy atom. The molecule has 0 saturated carbocycles. The van der Waals surface area contributed by atoms with Crippen molar-refractivity contribution in [2.24, 2.45) is 0 Å². The lowest BCUT2D eigenvalue weighted by atomic mass is 9.81. The fraction of sp³-hybridized carbons (Fsp3) is 0.516. The van der Waals surface area contributed by atoms with Gasteiger partial charge in [-0.3, -0.25) is 4.79 Å². The Labute approximate surface area is 212 Å². The maximum absolute atomic E-state index is 13.4. The lowest BCUT2D eigenvalue weighted by molar-refractivity contribution is -0.135. The summed E-state index contributed by atoms with van der Waals surface area (Å²) in [5, 5.41) is 4.88. The monoisotopic (exact) mass is 475 g/mol. The van der Waals surface area contributed by atoms with E-state index in [2.05, 4.69) is 88.2 Å². The number of unbranched alkanes of at least 4 members (excludes halogenated alkanes) is 1. The molecule has 0 bridgehead atoms. The molecule has 1 aromatic heterocycles. The number of aromatic amines is 1. The number of aryl methyl sites for hydroxylation is 2. The van der Waals surface area contributed by atoms with Gasteiger partial charge in [-0.25, -0.2) is 0 Å². The van der Waals surface area contributed by atoms with Gasteiger partial charge in [0.1, 0.15) is 0 Å². The van der Waals surface area contributed by atoms with Crippen molar-refractivity contribution in [3.8, 4) is 11.3 Å². The molecule has 1 heterocycles. The Morgan fingerprint density at radius 1 is 1.03 bits per heavy atom. The highest BCUT2D eigenvalue weighted by atomic mass is 16.2. The molecule has 2 N–H and O–H groups in total. The van der Waals surface area contributed by atoms with Gasteiger partial charge in [0.25, 0.3) is 0 Å². The SMILES string of the molecule is CCCCNCC(C)c1c(-c2cc(C)cc(C)c2)[nH]c2ccc(C(C)(C)C(=O)N(CC)CC)cc12. The van der Waals surface area contributed by atoms with Crippen molar-refractivity contribution in [1.82, 2.24) is 15.2 Å². The predicted molar refractivity (Wildman–Crippen MR) is 150 cm³/mol. The number of amides is 1. The van der Waals surface area contributed by atoms with Crippen LogP contribution in [0.4, 0.5) is 0 Å². The molecule has 0 aliphatic rings. The van der Waals surface area contributed by atoms with Crippen LogP contribution in [0, 0.1) is 13.8 Å². The predicted octanol–water partition coefficient (Wildman–Crippen LogP) is 7.09. The molecular formula is C31H45N3O. The number of benzene rings is 2. The van der Waals surface area contributed by atoms with Gasteiger partial charge < -0.3 is 15.2 Å². The van der Waals surface area contributed by atoms with Gasteiger partial charge in [0.2, 0.25) is 5.91 Å². The molecule has 1 amide bonds. The summed E-state index contributed by atoms with van der Waals surface area (Å²) < 4.78 is 0. The first-order valence-corrected chi connectivity index (χ1v) is 13.4. The second-order valence-corrected chi connectivity index (χ2v) is 10.6. The van der Waals surface area contributed by atoms with Crippen LogP contribution in [0.1, 0.15) is 82.6 Å². The largest absolute Gasteiger partial charge is 0.354 e. The van der Waals surface area contributed by atoms with E-state index in [9.17, 15) is 4.79 Å². The highest BCUT2D eigenvalue weighted by Gasteiger charge is 2.33. The van der Waals surface area contributed by atoms with Crippen LogP contribution in [0.15, 0.2) is 36.4 Å². The van der Waals surface area contributed by atoms with Crippen LogP contribution in [0.3, 0.4) is 0 Å². The lowest BCUT2D eigenvalue weighted by Crippen LogP contribution is -2.43. The van der Waals surface area contributed by atoms with Crippen molar-refractivity contribution < 1.29 is 4.79 Å². The maximum atomic E-state index is 13.4. The number of carbonyl (C=O) groups is 1. The van der Waals surface area contributed by atoms with E-state index in [-0.39, 0.29) is 5.91 Å². The fourth-order valence-corrected chi connectivity index (χ4v) is 5.21. The molecule has 0 aliphatic carbocycles. The van der Waals surface area contributed by atoms with Gasteiger partial charge in [-0.1, -0.05) is 43.5 Å². The number of nitrogens with zero attached hydrogens (tertiary/aromatic N) is 1. The molecule has 0 radical (unpaired) electrons. The first-order valence-electron chi connectivity index (χ1n) is 13.4. The van der Waals surface area contributed by atoms with Crippen LogP contribution in [-0.2, 0) is 10.2 Å². The van der Waals surface area contributed by atoms with E-state index < -0.39 is 5.41 Å². The molecule has 3 aromatic rings. The number of H-pyrrole nitrogens is 1. The first kappa shape index (κ1) is 27.0. The molecule has 35 heavy (non-hydrogen) atoms. The van der Waals surface area contributed by atoms with E-state index >= 15 is 0 Å². The Balaban J connectivity index is 2.14. The van der Waals surface area contributed by atoms with E-state index in [1.54, 1.807) is 0 Å². The summed E-state index contributed by atoms with van der Waals surface area (Å²) in [5.41, 5.74) is 7.91. The summed E-state index contributed by atoms with van der Waals surface area (Å²) in [6, 6.07) is 13.3. The van der Waals surface area contributed by atoms with Gasteiger partial charge in [0.15, 0.2) is 0 Å². The topological polar surface area (TPSA) is 48.1 Å². The van der Waals surface area contributed by atoms with Gasteiger partial charge in [0.05, 0.1) is 11.1 Å². The smallest absolute Gasteiger partial charge is 0.232 e. The van der Waals surface area contributed by atoms with Crippen molar-refractivity contribution in [2.75, 3.05) is 26.2 Å². The van der Waals surface area contributed by atoms with E-state index in [1.807, 2.05) is 18.7 Å². The minimum atomic E-state index is -0.586. The second kappa shape index (κ2) is 11.4. The second-order valence-electron chi connectivity index (χ2n) is 10.6. The van der Waals surface area contributed by atoms with Crippen LogP contribution in [0.25, 0.3) is 22.2 Å². The summed E-state index contributed by atoms with van der Waals surface area (Å²) in [7, 11) is 0. The zero-order valence-corrected chi connectivity index (χ0v) is 23.1. The standard InChI is InChI=1S/C31H45N3O/c1-9-12-15-32-20-23(6)28-26-19-25(31(7,8)30(35)34(10-2)11-3)13-14-27(26)33-29(28)24-17-21(4)16-22(5)18-24/h13-14,16-19,23,32-33H,9-12,15,20H2,1-8H3. The maximum Gasteiger partial charge on any atom is 0.232 e. The molecule has 4 heteroatoms. The number of aromatic nitrogens is 1. The Morgan fingerprint density at radius 2 is 1.69 bits per heavy atom. The fourth-order valence-electron chi connectivity index (χ4n) is 5.21. The van der Waals surface area contributed by atoms with Crippen LogP contribution in [-0.4, -0.2) is 42.0 Å². The number of rotatable bonds is 11. The highest BCUT2D eigenvalue weighted by Crippen LogP contribution is 2.38. The molecule has 3 rings (SSSR count). The van der Waals surface area contributed by atoms with Crippen molar-refractivity contribution >= 4 is 16.8 Å². The minimum absolute atomic E-state index is 0.183. The van der Waals surface area contributed by atoms with Crippen molar-refractivity contribution in [3.05, 3.63) is 58.7 Å². The summed E-state index contributed by atoms with van der Waals surface area (Å²) in [4.78, 5) is 19.1. The molecule has 190 valence electrons. The molecule has 0 aliphatic heterocycles. The number of likely N-dealkylation sites (N-methyl/N-ethyl adjacent to an activating group) is 1. The zero-order valence-electron chi connectivity index (χ0n) is 23.1. The van der Waals surface area contributed by atoms with Crippen LogP contribution < -0.4 is 5.32 Å². The molecule has 1 unspecified atom stereocenters. The Bertz CT molecular complexity index is 1130. The first-order chi connectivity index (χ1) is 16.6. The molecule has 0 spiro atoms. The van der Waals surface area contributed by atoms with Gasteiger partial charge >= 0.3 is 0 Å². The third-order valence-electron chi connectivity index (χ3n) is 7.31. The molecule has 0 saturated heterocycles. The third kappa shape index (κ3) is 5.81. The molecular weight excluding hydrogens is 430 g/mol. The number of carbonyl (C=O) groups excluding carboxylic acids is 1. The quantitative estimate of drug-likeness (QED) is 0.291. The molecule has 0 fully saturated rings. The third-order valence-corrected chi connectivity index (χ3v) is 7.31. The van der Waals surface area contributed by atoms with E-state index in [0.29, 0.717) is 5.92 Å². The average Bonchev–Trinajstić information content (AvgIpc) is 3.21. The summed E-state index contributed by atoms with van der Waals surface area (Å²) in [6.07, 6.45) is 2.39. The van der Waals surface area contributed by atoms with Gasteiger partial charge in [-0.05, 0) is 101 Å². The summed E-state index contributed by atoms with van der Waals surface area (Å²) in [5.74, 6) is 0.510. The molecule has 1 atom stereocenters. The van der Waals surface area contributed by atoms with Crippen LogP contribution in [0.5, 0.6) is 0 Å². The number of fused-ring (bicyclic) bond motifs is 1. The van der Waals surface area contributed by atoms with Crippen LogP contribution >= 0.6 is 0 Å². The number of hydrogen-bond acceptors (Lipinski definition) is 2.